The van der Waals surface area contributed by atoms with Gasteiger partial charge in [-0.25, -0.2) is 0 Å². The van der Waals surface area contributed by atoms with Gasteiger partial charge < -0.3 is 15.4 Å². The molecule has 2 aromatic rings. The van der Waals surface area contributed by atoms with Gasteiger partial charge in [0.15, 0.2) is 0 Å². The van der Waals surface area contributed by atoms with Crippen molar-refractivity contribution < 1.29 is 14.3 Å². The summed E-state index contributed by atoms with van der Waals surface area (Å²) < 4.78 is 5.66. The minimum absolute atomic E-state index is 0.228. The quantitative estimate of drug-likeness (QED) is 0.699. The number of aryl methyl sites for hydroxylation is 1. The van der Waals surface area contributed by atoms with Gasteiger partial charge in [0.25, 0.3) is 11.8 Å². The fourth-order valence-corrected chi connectivity index (χ4v) is 2.64. The van der Waals surface area contributed by atoms with Gasteiger partial charge in [0, 0.05) is 12.6 Å². The Morgan fingerprint density at radius 3 is 2.38 bits per heavy atom. The minimum Gasteiger partial charge on any atom is -0.494 e. The van der Waals surface area contributed by atoms with Crippen LogP contribution in [-0.2, 0) is 0 Å². The molecular weight excluding hydrogens is 328 g/mol. The Bertz CT molecular complexity index is 754. The van der Waals surface area contributed by atoms with E-state index in [4.69, 9.17) is 4.74 Å². The molecule has 0 bridgehead atoms. The minimum atomic E-state index is -0.265. The van der Waals surface area contributed by atoms with Gasteiger partial charge in [0.1, 0.15) is 5.75 Å². The first kappa shape index (κ1) is 19.5. The van der Waals surface area contributed by atoms with Crippen molar-refractivity contribution in [3.63, 3.8) is 0 Å². The highest BCUT2D eigenvalue weighted by molar-refractivity contribution is 6.09. The summed E-state index contributed by atoms with van der Waals surface area (Å²) in [5.41, 5.74) is 2.28. The van der Waals surface area contributed by atoms with Gasteiger partial charge in [-0.1, -0.05) is 31.9 Å². The van der Waals surface area contributed by atoms with E-state index in [0.717, 1.165) is 30.6 Å². The molecule has 138 valence electrons. The molecule has 0 aliphatic heterocycles. The monoisotopic (exact) mass is 354 g/mol. The molecule has 0 aliphatic carbocycles. The second kappa shape index (κ2) is 9.61. The van der Waals surface area contributed by atoms with Crippen LogP contribution < -0.4 is 15.4 Å². The number of carbonyl (C=O) groups is 2. The van der Waals surface area contributed by atoms with Gasteiger partial charge in [-0.2, -0.15) is 0 Å². The third-order valence-corrected chi connectivity index (χ3v) is 4.11. The van der Waals surface area contributed by atoms with E-state index in [1.54, 1.807) is 37.4 Å². The van der Waals surface area contributed by atoms with Crippen molar-refractivity contribution >= 4 is 17.5 Å². The number of nitrogens with one attached hydrogen (secondary N) is 2. The lowest BCUT2D eigenvalue weighted by molar-refractivity contribution is 0.0963. The normalized spacial score (nSPS) is 10.3. The van der Waals surface area contributed by atoms with Crippen LogP contribution in [0, 0.1) is 6.92 Å². The van der Waals surface area contributed by atoms with E-state index in [0.29, 0.717) is 23.4 Å². The lowest BCUT2D eigenvalue weighted by Gasteiger charge is -2.13. The Balaban J connectivity index is 2.06. The zero-order valence-electron chi connectivity index (χ0n) is 15.6. The second-order valence-corrected chi connectivity index (χ2v) is 6.11. The third kappa shape index (κ3) is 5.09. The van der Waals surface area contributed by atoms with Crippen LogP contribution in [-0.4, -0.2) is 25.5 Å². The predicted octanol–water partition coefficient (Wildman–Crippen LogP) is 4.18. The lowest BCUT2D eigenvalue weighted by Crippen LogP contribution is -2.22. The van der Waals surface area contributed by atoms with Gasteiger partial charge in [-0.15, -0.1) is 0 Å². The molecule has 0 aliphatic rings. The Morgan fingerprint density at radius 2 is 1.73 bits per heavy atom. The molecule has 5 nitrogen and oxygen atoms in total. The van der Waals surface area contributed by atoms with E-state index in [1.165, 1.54) is 0 Å². The molecule has 0 saturated heterocycles. The summed E-state index contributed by atoms with van der Waals surface area (Å²) in [6, 6.07) is 12.4. The second-order valence-electron chi connectivity index (χ2n) is 6.11. The zero-order chi connectivity index (χ0) is 18.9. The number of hydrogen-bond acceptors (Lipinski definition) is 3. The zero-order valence-corrected chi connectivity index (χ0v) is 15.6. The molecule has 5 heteroatoms. The number of carbonyl (C=O) groups excluding carboxylic acids is 2. The van der Waals surface area contributed by atoms with Crippen molar-refractivity contribution in [2.75, 3.05) is 19.0 Å². The number of anilines is 1. The third-order valence-electron chi connectivity index (χ3n) is 4.11. The maximum absolute atomic E-state index is 12.5. The Morgan fingerprint density at radius 1 is 1.00 bits per heavy atom. The molecule has 2 amide bonds. The van der Waals surface area contributed by atoms with E-state index >= 15 is 0 Å². The summed E-state index contributed by atoms with van der Waals surface area (Å²) in [6.45, 7) is 4.67. The van der Waals surface area contributed by atoms with Crippen LogP contribution in [0.15, 0.2) is 42.5 Å². The molecule has 2 rings (SSSR count). The number of unbranched alkanes of at least 4 members (excludes halogenated alkanes) is 2. The Kier molecular flexibility index (Phi) is 7.21. The van der Waals surface area contributed by atoms with Crippen LogP contribution in [0.5, 0.6) is 5.75 Å². The summed E-state index contributed by atoms with van der Waals surface area (Å²) in [4.78, 5) is 24.6. The average Bonchev–Trinajstić information content (AvgIpc) is 2.65. The maximum atomic E-state index is 12.5. The van der Waals surface area contributed by atoms with Crippen molar-refractivity contribution in [2.45, 2.75) is 33.1 Å². The van der Waals surface area contributed by atoms with E-state index in [1.807, 2.05) is 19.1 Å². The van der Waals surface area contributed by atoms with Gasteiger partial charge in [0.05, 0.1) is 17.9 Å². The molecule has 0 unspecified atom stereocenters. The fraction of sp³-hybridized carbons (Fsp3) is 0.333. The Labute approximate surface area is 154 Å². The summed E-state index contributed by atoms with van der Waals surface area (Å²) in [7, 11) is 1.57. The average molecular weight is 354 g/mol. The van der Waals surface area contributed by atoms with E-state index in [-0.39, 0.29) is 11.8 Å². The fourth-order valence-electron chi connectivity index (χ4n) is 2.64. The molecule has 0 aromatic heterocycles. The molecular formula is C21H26N2O3. The van der Waals surface area contributed by atoms with Crippen LogP contribution >= 0.6 is 0 Å². The summed E-state index contributed by atoms with van der Waals surface area (Å²) in [6.07, 6.45) is 3.32. The van der Waals surface area contributed by atoms with E-state index < -0.39 is 0 Å². The first-order valence-corrected chi connectivity index (χ1v) is 8.92. The number of hydrogen-bond donors (Lipinski definition) is 2. The van der Waals surface area contributed by atoms with Crippen molar-refractivity contribution in [3.8, 4) is 5.75 Å². The molecule has 2 aromatic carbocycles. The highest BCUT2D eigenvalue weighted by Gasteiger charge is 2.15. The maximum Gasteiger partial charge on any atom is 0.255 e. The van der Waals surface area contributed by atoms with Crippen LogP contribution in [0.1, 0.15) is 52.5 Å². The summed E-state index contributed by atoms with van der Waals surface area (Å²) in [5.74, 6) is 0.256. The van der Waals surface area contributed by atoms with Crippen molar-refractivity contribution in [1.29, 1.82) is 0 Å². The number of rotatable bonds is 8. The number of benzene rings is 2. The standard InChI is InChI=1S/C21H26N2O3/c1-4-5-6-14-26-17-12-10-16(11-13-17)20(24)23-18-9-7-8-15(2)19(18)21(25)22-3/h7-13H,4-6,14H2,1-3H3,(H,22,25)(H,23,24). The van der Waals surface area contributed by atoms with Crippen molar-refractivity contribution in [1.82, 2.24) is 5.32 Å². The van der Waals surface area contributed by atoms with E-state index in [9.17, 15) is 9.59 Å². The molecule has 0 saturated carbocycles. The molecule has 26 heavy (non-hydrogen) atoms. The van der Waals surface area contributed by atoms with Gasteiger partial charge in [0.2, 0.25) is 0 Å². The Hall–Kier alpha value is -2.82. The summed E-state index contributed by atoms with van der Waals surface area (Å²) >= 11 is 0. The van der Waals surface area contributed by atoms with Crippen molar-refractivity contribution in [3.05, 3.63) is 59.2 Å². The SMILES string of the molecule is CCCCCOc1ccc(C(=O)Nc2cccc(C)c2C(=O)NC)cc1. The summed E-state index contributed by atoms with van der Waals surface area (Å²) in [5, 5.41) is 5.43. The number of amides is 2. The smallest absolute Gasteiger partial charge is 0.255 e. The topological polar surface area (TPSA) is 67.4 Å². The molecule has 2 N–H and O–H groups in total. The molecule has 0 radical (unpaired) electrons. The molecule has 0 heterocycles. The van der Waals surface area contributed by atoms with Gasteiger partial charge in [-0.3, -0.25) is 9.59 Å². The van der Waals surface area contributed by atoms with E-state index in [2.05, 4.69) is 17.6 Å². The van der Waals surface area contributed by atoms with Crippen LogP contribution in [0.3, 0.4) is 0 Å². The largest absolute Gasteiger partial charge is 0.494 e. The highest BCUT2D eigenvalue weighted by Crippen LogP contribution is 2.21. The lowest BCUT2D eigenvalue weighted by atomic mass is 10.1. The predicted molar refractivity (Wildman–Crippen MR) is 104 cm³/mol. The van der Waals surface area contributed by atoms with Gasteiger partial charge in [-0.05, 0) is 49.2 Å². The highest BCUT2D eigenvalue weighted by atomic mass is 16.5. The first-order valence-electron chi connectivity index (χ1n) is 8.92. The molecule has 0 fully saturated rings. The van der Waals surface area contributed by atoms with Crippen molar-refractivity contribution in [2.24, 2.45) is 0 Å². The van der Waals surface area contributed by atoms with Crippen LogP contribution in [0.4, 0.5) is 5.69 Å². The first-order chi connectivity index (χ1) is 12.6. The molecule has 0 atom stereocenters. The van der Waals surface area contributed by atoms with Crippen LogP contribution in [0.25, 0.3) is 0 Å². The molecule has 0 spiro atoms. The van der Waals surface area contributed by atoms with Crippen LogP contribution in [0.2, 0.25) is 0 Å². The number of ether oxygens (including phenoxy) is 1. The van der Waals surface area contributed by atoms with Gasteiger partial charge >= 0.3 is 0 Å².